The van der Waals surface area contributed by atoms with Crippen LogP contribution >= 0.6 is 15.9 Å². The molecule has 17 heavy (non-hydrogen) atoms. The normalized spacial score (nSPS) is 10.6. The predicted molar refractivity (Wildman–Crippen MR) is 74.9 cm³/mol. The Kier molecular flexibility index (Phi) is 3.52. The van der Waals surface area contributed by atoms with Gasteiger partial charge in [-0.2, -0.15) is 0 Å². The number of nitrogens with one attached hydrogen (secondary N) is 1. The van der Waals surface area contributed by atoms with Crippen LogP contribution in [0.25, 0.3) is 5.69 Å². The molecule has 0 spiro atoms. The van der Waals surface area contributed by atoms with Crippen molar-refractivity contribution in [2.45, 2.75) is 20.8 Å². The molecule has 0 saturated heterocycles. The van der Waals surface area contributed by atoms with Gasteiger partial charge in [0.1, 0.15) is 0 Å². The van der Waals surface area contributed by atoms with Crippen LogP contribution < -0.4 is 5.32 Å². The van der Waals surface area contributed by atoms with E-state index in [0.717, 1.165) is 28.3 Å². The molecule has 2 rings (SSSR count). The van der Waals surface area contributed by atoms with Crippen LogP contribution in [-0.4, -0.2) is 16.1 Å². The number of hydrogen-bond donors (Lipinski definition) is 1. The minimum atomic E-state index is 0.867. The van der Waals surface area contributed by atoms with Crippen molar-refractivity contribution >= 4 is 21.9 Å². The molecule has 1 heterocycles. The molecule has 0 aliphatic rings. The summed E-state index contributed by atoms with van der Waals surface area (Å²) in [4.78, 5) is 4.47. The summed E-state index contributed by atoms with van der Waals surface area (Å²) in [5, 5.41) is 3.27. The second kappa shape index (κ2) is 4.92. The Labute approximate surface area is 110 Å². The highest BCUT2D eigenvalue weighted by Gasteiger charge is 2.07. The molecule has 0 radical (unpaired) electrons. The summed E-state index contributed by atoms with van der Waals surface area (Å²) in [6.07, 6.45) is 2.04. The van der Waals surface area contributed by atoms with Gasteiger partial charge in [-0.15, -0.1) is 0 Å². The largest absolute Gasteiger partial charge is 0.356 e. The molecule has 0 atom stereocenters. The van der Waals surface area contributed by atoms with Crippen LogP contribution in [-0.2, 0) is 0 Å². The summed E-state index contributed by atoms with van der Waals surface area (Å²) in [5.74, 6) is 0.895. The van der Waals surface area contributed by atoms with Crippen molar-refractivity contribution in [2.24, 2.45) is 0 Å². The maximum atomic E-state index is 4.47. The maximum absolute atomic E-state index is 4.47. The molecule has 0 unspecified atom stereocenters. The molecule has 0 amide bonds. The standard InChI is InChI=1S/C13H16BrN3/c1-4-15-13-16-10(3)8-17(13)11-5-6-12(14)9(2)7-11/h5-8H,4H2,1-3H3,(H,15,16). The maximum Gasteiger partial charge on any atom is 0.207 e. The first-order chi connectivity index (χ1) is 8.11. The average Bonchev–Trinajstić information content (AvgIpc) is 2.64. The van der Waals surface area contributed by atoms with Crippen LogP contribution in [0.1, 0.15) is 18.2 Å². The molecule has 0 saturated carbocycles. The molecule has 90 valence electrons. The van der Waals surface area contributed by atoms with Gasteiger partial charge in [-0.05, 0) is 44.5 Å². The monoisotopic (exact) mass is 293 g/mol. The lowest BCUT2D eigenvalue weighted by molar-refractivity contribution is 1.02. The van der Waals surface area contributed by atoms with Gasteiger partial charge in [-0.25, -0.2) is 4.98 Å². The van der Waals surface area contributed by atoms with E-state index in [1.54, 1.807) is 0 Å². The molecule has 1 N–H and O–H groups in total. The van der Waals surface area contributed by atoms with Crippen LogP contribution in [0, 0.1) is 13.8 Å². The summed E-state index contributed by atoms with van der Waals surface area (Å²) in [6.45, 7) is 7.03. The van der Waals surface area contributed by atoms with Crippen molar-refractivity contribution in [3.05, 3.63) is 40.1 Å². The molecule has 0 bridgehead atoms. The first-order valence-electron chi connectivity index (χ1n) is 5.68. The van der Waals surface area contributed by atoms with E-state index in [1.807, 2.05) is 13.1 Å². The highest BCUT2D eigenvalue weighted by molar-refractivity contribution is 9.10. The first-order valence-corrected chi connectivity index (χ1v) is 6.47. The van der Waals surface area contributed by atoms with Gasteiger partial charge in [-0.3, -0.25) is 4.57 Å². The van der Waals surface area contributed by atoms with Gasteiger partial charge in [-0.1, -0.05) is 15.9 Å². The van der Waals surface area contributed by atoms with E-state index in [1.165, 1.54) is 5.56 Å². The third-order valence-electron chi connectivity index (χ3n) is 2.58. The fraction of sp³-hybridized carbons (Fsp3) is 0.308. The van der Waals surface area contributed by atoms with Crippen molar-refractivity contribution in [3.8, 4) is 5.69 Å². The Morgan fingerprint density at radius 2 is 2.12 bits per heavy atom. The zero-order valence-corrected chi connectivity index (χ0v) is 11.9. The van der Waals surface area contributed by atoms with Gasteiger partial charge < -0.3 is 5.32 Å². The van der Waals surface area contributed by atoms with Gasteiger partial charge in [0.25, 0.3) is 0 Å². The summed E-state index contributed by atoms with van der Waals surface area (Å²) >= 11 is 3.52. The molecular formula is C13H16BrN3. The molecule has 1 aromatic carbocycles. The lowest BCUT2D eigenvalue weighted by Crippen LogP contribution is -2.05. The van der Waals surface area contributed by atoms with E-state index in [0.29, 0.717) is 0 Å². The van der Waals surface area contributed by atoms with E-state index in [9.17, 15) is 0 Å². The van der Waals surface area contributed by atoms with E-state index >= 15 is 0 Å². The smallest absolute Gasteiger partial charge is 0.207 e. The number of nitrogens with zero attached hydrogens (tertiary/aromatic N) is 2. The van der Waals surface area contributed by atoms with E-state index in [2.05, 4.69) is 62.8 Å². The molecule has 0 aliphatic carbocycles. The quantitative estimate of drug-likeness (QED) is 0.935. The van der Waals surface area contributed by atoms with Gasteiger partial charge >= 0.3 is 0 Å². The van der Waals surface area contributed by atoms with Gasteiger partial charge in [0.2, 0.25) is 5.95 Å². The number of benzene rings is 1. The number of aryl methyl sites for hydroxylation is 2. The summed E-state index contributed by atoms with van der Waals surface area (Å²) in [7, 11) is 0. The average molecular weight is 294 g/mol. The Morgan fingerprint density at radius 3 is 2.76 bits per heavy atom. The molecule has 0 aliphatic heterocycles. The molecular weight excluding hydrogens is 278 g/mol. The van der Waals surface area contributed by atoms with Crippen LogP contribution in [0.5, 0.6) is 0 Å². The molecule has 0 fully saturated rings. The highest BCUT2D eigenvalue weighted by Crippen LogP contribution is 2.22. The van der Waals surface area contributed by atoms with Crippen LogP contribution in [0.4, 0.5) is 5.95 Å². The van der Waals surface area contributed by atoms with Gasteiger partial charge in [0, 0.05) is 22.9 Å². The van der Waals surface area contributed by atoms with Crippen LogP contribution in [0.3, 0.4) is 0 Å². The minimum Gasteiger partial charge on any atom is -0.356 e. The van der Waals surface area contributed by atoms with Gasteiger partial charge in [0.15, 0.2) is 0 Å². The Morgan fingerprint density at radius 1 is 1.35 bits per heavy atom. The molecule has 2 aromatic rings. The topological polar surface area (TPSA) is 29.9 Å². The summed E-state index contributed by atoms with van der Waals surface area (Å²) in [6, 6.07) is 6.29. The minimum absolute atomic E-state index is 0.867. The van der Waals surface area contributed by atoms with E-state index in [4.69, 9.17) is 0 Å². The number of halogens is 1. The lowest BCUT2D eigenvalue weighted by Gasteiger charge is -2.09. The van der Waals surface area contributed by atoms with Crippen molar-refractivity contribution in [1.82, 2.24) is 9.55 Å². The fourth-order valence-corrected chi connectivity index (χ4v) is 2.00. The Hall–Kier alpha value is -1.29. The molecule has 3 nitrogen and oxygen atoms in total. The Balaban J connectivity index is 2.47. The lowest BCUT2D eigenvalue weighted by atomic mass is 10.2. The third-order valence-corrected chi connectivity index (χ3v) is 3.47. The van der Waals surface area contributed by atoms with Crippen LogP contribution in [0.2, 0.25) is 0 Å². The van der Waals surface area contributed by atoms with Crippen molar-refractivity contribution in [3.63, 3.8) is 0 Å². The fourth-order valence-electron chi connectivity index (χ4n) is 1.76. The summed E-state index contributed by atoms with van der Waals surface area (Å²) < 4.78 is 3.21. The third kappa shape index (κ3) is 2.52. The highest BCUT2D eigenvalue weighted by atomic mass is 79.9. The predicted octanol–water partition coefficient (Wildman–Crippen LogP) is 3.68. The molecule has 4 heteroatoms. The zero-order valence-electron chi connectivity index (χ0n) is 10.3. The summed E-state index contributed by atoms with van der Waals surface area (Å²) in [5.41, 5.74) is 3.36. The second-order valence-electron chi connectivity index (χ2n) is 4.04. The number of rotatable bonds is 3. The van der Waals surface area contributed by atoms with E-state index < -0.39 is 0 Å². The number of anilines is 1. The van der Waals surface area contributed by atoms with Crippen molar-refractivity contribution in [1.29, 1.82) is 0 Å². The van der Waals surface area contributed by atoms with Crippen molar-refractivity contribution in [2.75, 3.05) is 11.9 Å². The van der Waals surface area contributed by atoms with E-state index in [-0.39, 0.29) is 0 Å². The van der Waals surface area contributed by atoms with Crippen LogP contribution in [0.15, 0.2) is 28.9 Å². The number of imidazole rings is 1. The SMILES string of the molecule is CCNc1nc(C)cn1-c1ccc(Br)c(C)c1. The van der Waals surface area contributed by atoms with Crippen molar-refractivity contribution < 1.29 is 0 Å². The first kappa shape index (κ1) is 12.2. The number of aromatic nitrogens is 2. The second-order valence-corrected chi connectivity index (χ2v) is 4.89. The zero-order chi connectivity index (χ0) is 12.4. The van der Waals surface area contributed by atoms with Gasteiger partial charge in [0.05, 0.1) is 5.69 Å². The number of hydrogen-bond acceptors (Lipinski definition) is 2. The Bertz CT molecular complexity index is 531. The molecule has 1 aromatic heterocycles.